The summed E-state index contributed by atoms with van der Waals surface area (Å²) in [6, 6.07) is 1.05. The number of hydrogen-bond donors (Lipinski definition) is 1. The number of rotatable bonds is 6. The molecule has 0 unspecified atom stereocenters. The average Bonchev–Trinajstić information content (AvgIpc) is 2.40. The van der Waals surface area contributed by atoms with Gasteiger partial charge in [-0.25, -0.2) is 17.1 Å². The van der Waals surface area contributed by atoms with Crippen molar-refractivity contribution in [3.8, 4) is 0 Å². The van der Waals surface area contributed by atoms with E-state index in [1.165, 1.54) is 7.05 Å². The van der Waals surface area contributed by atoms with Crippen LogP contribution in [-0.4, -0.2) is 26.3 Å². The number of allylic oxidation sites excluding steroid dienone is 1. The van der Waals surface area contributed by atoms with Crippen molar-refractivity contribution in [1.29, 1.82) is 0 Å². The van der Waals surface area contributed by atoms with Crippen LogP contribution in [0.2, 0.25) is 5.02 Å². The van der Waals surface area contributed by atoms with Gasteiger partial charge >= 0.3 is 0 Å². The molecule has 0 saturated heterocycles. The van der Waals surface area contributed by atoms with Gasteiger partial charge in [0.2, 0.25) is 10.0 Å². The molecule has 0 aromatic heterocycles. The van der Waals surface area contributed by atoms with Crippen molar-refractivity contribution in [3.63, 3.8) is 0 Å². The molecule has 2 N–H and O–H groups in total. The molecule has 0 aliphatic heterocycles. The van der Waals surface area contributed by atoms with Crippen LogP contribution in [0.4, 0.5) is 10.1 Å². The number of nitrogens with two attached hydrogens (primary N) is 1. The zero-order valence-corrected chi connectivity index (χ0v) is 14.0. The van der Waals surface area contributed by atoms with E-state index in [9.17, 15) is 12.8 Å². The third-order valence-electron chi connectivity index (χ3n) is 2.73. The Labute approximate surface area is 131 Å². The van der Waals surface area contributed by atoms with Crippen LogP contribution < -0.4 is 5.73 Å². The Kier molecular flexibility index (Phi) is 6.00. The number of nitrogens with zero attached hydrogens (tertiary/aromatic N) is 1. The summed E-state index contributed by atoms with van der Waals surface area (Å²) < 4.78 is 39.8. The third kappa shape index (κ3) is 3.52. The van der Waals surface area contributed by atoms with Crippen LogP contribution >= 0.6 is 27.5 Å². The van der Waals surface area contributed by atoms with Crippen molar-refractivity contribution in [2.24, 2.45) is 0 Å². The predicted octanol–water partition coefficient (Wildman–Crippen LogP) is 3.41. The number of hydrogen-bond acceptors (Lipinski definition) is 3. The molecule has 1 aromatic carbocycles. The lowest BCUT2D eigenvalue weighted by molar-refractivity contribution is 0.457. The van der Waals surface area contributed by atoms with Crippen LogP contribution in [0, 0.1) is 5.82 Å². The molecule has 0 radical (unpaired) electrons. The first-order valence-electron chi connectivity index (χ1n) is 5.73. The predicted molar refractivity (Wildman–Crippen MR) is 82.8 cm³/mol. The first-order valence-corrected chi connectivity index (χ1v) is 8.34. The molecule has 0 saturated carbocycles. The minimum absolute atomic E-state index is 0.0435. The molecule has 0 amide bonds. The maximum absolute atomic E-state index is 14.1. The summed E-state index contributed by atoms with van der Waals surface area (Å²) in [5.74, 6) is -1.00. The van der Waals surface area contributed by atoms with Crippen molar-refractivity contribution >= 4 is 43.2 Å². The van der Waals surface area contributed by atoms with Crippen LogP contribution in [0.3, 0.4) is 0 Å². The number of nitrogen functional groups attached to an aromatic ring is 1. The summed E-state index contributed by atoms with van der Waals surface area (Å²) in [5.41, 5.74) is 5.18. The van der Waals surface area contributed by atoms with Crippen molar-refractivity contribution in [3.05, 3.63) is 34.0 Å². The summed E-state index contributed by atoms with van der Waals surface area (Å²) in [6.07, 6.45) is 2.96. The fraction of sp³-hybridized carbons (Fsp3) is 0.333. The molecule has 112 valence electrons. The van der Waals surface area contributed by atoms with Gasteiger partial charge in [0.25, 0.3) is 0 Å². The van der Waals surface area contributed by atoms with Crippen LogP contribution in [0.5, 0.6) is 0 Å². The summed E-state index contributed by atoms with van der Waals surface area (Å²) >= 11 is 8.84. The highest BCUT2D eigenvalue weighted by molar-refractivity contribution is 9.10. The van der Waals surface area contributed by atoms with E-state index in [0.29, 0.717) is 12.8 Å². The zero-order chi connectivity index (χ0) is 15.5. The molecule has 0 spiro atoms. The number of benzene rings is 1. The molecule has 0 aliphatic carbocycles. The van der Waals surface area contributed by atoms with Gasteiger partial charge in [0.1, 0.15) is 4.90 Å². The lowest BCUT2D eigenvalue weighted by Crippen LogP contribution is -2.29. The molecule has 1 rings (SSSR count). The number of sulfonamides is 1. The fourth-order valence-electron chi connectivity index (χ4n) is 1.53. The fourth-order valence-corrected chi connectivity index (χ4v) is 3.41. The lowest BCUT2D eigenvalue weighted by atomic mass is 10.3. The number of anilines is 1. The van der Waals surface area contributed by atoms with Crippen LogP contribution in [0.1, 0.15) is 12.8 Å². The highest BCUT2D eigenvalue weighted by atomic mass is 79.9. The zero-order valence-electron chi connectivity index (χ0n) is 10.9. The quantitative estimate of drug-likeness (QED) is 0.353. The van der Waals surface area contributed by atoms with Gasteiger partial charge in [-0.3, -0.25) is 0 Å². The largest absolute Gasteiger partial charge is 0.395 e. The van der Waals surface area contributed by atoms with Crippen LogP contribution in [0.25, 0.3) is 0 Å². The summed E-state index contributed by atoms with van der Waals surface area (Å²) in [6.45, 7) is 3.81. The summed E-state index contributed by atoms with van der Waals surface area (Å²) in [7, 11) is -2.59. The Hall–Kier alpha value is -0.630. The topological polar surface area (TPSA) is 63.4 Å². The second-order valence-electron chi connectivity index (χ2n) is 4.16. The van der Waals surface area contributed by atoms with Gasteiger partial charge in [-0.1, -0.05) is 17.7 Å². The smallest absolute Gasteiger partial charge is 0.245 e. The molecule has 8 heteroatoms. The highest BCUT2D eigenvalue weighted by Crippen LogP contribution is 2.35. The van der Waals surface area contributed by atoms with E-state index >= 15 is 0 Å². The van der Waals surface area contributed by atoms with Gasteiger partial charge in [0, 0.05) is 13.6 Å². The molecular formula is C12H15BrClFN2O2S. The minimum Gasteiger partial charge on any atom is -0.395 e. The van der Waals surface area contributed by atoms with E-state index in [4.69, 9.17) is 17.3 Å². The summed E-state index contributed by atoms with van der Waals surface area (Å²) in [4.78, 5) is -0.524. The number of halogens is 3. The molecule has 20 heavy (non-hydrogen) atoms. The Bertz CT molecular complexity index is 622. The third-order valence-corrected chi connectivity index (χ3v) is 5.96. The second kappa shape index (κ2) is 6.89. The Balaban J connectivity index is 3.19. The van der Waals surface area contributed by atoms with Crippen LogP contribution in [0.15, 0.2) is 28.1 Å². The Morgan fingerprint density at radius 1 is 1.60 bits per heavy atom. The van der Waals surface area contributed by atoms with Gasteiger partial charge in [0.05, 0.1) is 15.2 Å². The first kappa shape index (κ1) is 17.4. The molecule has 0 aliphatic rings. The maximum Gasteiger partial charge on any atom is 0.245 e. The van der Waals surface area contributed by atoms with E-state index in [1.807, 2.05) is 0 Å². The molecular weight excluding hydrogens is 371 g/mol. The standard InChI is InChI=1S/C12H15BrClFN2O2S/c1-3-4-5-6-17(2)20(18,19)9-7-8(14)10(13)12(16)11(9)15/h3,7H,1,4-6,16H2,2H3. The molecule has 0 heterocycles. The molecule has 1 aromatic rings. The number of unbranched alkanes of at least 4 members (excludes halogenated alkanes) is 1. The van der Waals surface area contributed by atoms with Gasteiger partial charge in [-0.2, -0.15) is 0 Å². The minimum atomic E-state index is -3.97. The van der Waals surface area contributed by atoms with Gasteiger partial charge in [0.15, 0.2) is 5.82 Å². The van der Waals surface area contributed by atoms with Crippen molar-refractivity contribution in [2.45, 2.75) is 17.7 Å². The SMILES string of the molecule is C=CCCCN(C)S(=O)(=O)c1cc(Cl)c(Br)c(N)c1F. The van der Waals surface area contributed by atoms with E-state index in [1.54, 1.807) is 6.08 Å². The van der Waals surface area contributed by atoms with Gasteiger partial charge < -0.3 is 5.73 Å². The first-order chi connectivity index (χ1) is 9.23. The Morgan fingerprint density at radius 3 is 2.75 bits per heavy atom. The highest BCUT2D eigenvalue weighted by Gasteiger charge is 2.27. The average molecular weight is 386 g/mol. The van der Waals surface area contributed by atoms with Crippen molar-refractivity contribution < 1.29 is 12.8 Å². The molecule has 0 fully saturated rings. The van der Waals surface area contributed by atoms with Crippen molar-refractivity contribution in [1.82, 2.24) is 4.31 Å². The van der Waals surface area contributed by atoms with E-state index in [2.05, 4.69) is 22.5 Å². The molecule has 0 bridgehead atoms. The monoisotopic (exact) mass is 384 g/mol. The lowest BCUT2D eigenvalue weighted by Gasteiger charge is -2.18. The Morgan fingerprint density at radius 2 is 2.20 bits per heavy atom. The van der Waals surface area contributed by atoms with Crippen LogP contribution in [-0.2, 0) is 10.0 Å². The van der Waals surface area contributed by atoms with E-state index < -0.39 is 20.7 Å². The second-order valence-corrected chi connectivity index (χ2v) is 7.37. The van der Waals surface area contributed by atoms with Crippen molar-refractivity contribution in [2.75, 3.05) is 19.3 Å². The van der Waals surface area contributed by atoms with E-state index in [-0.39, 0.29) is 21.7 Å². The normalized spacial score (nSPS) is 11.8. The maximum atomic E-state index is 14.1. The molecule has 4 nitrogen and oxygen atoms in total. The summed E-state index contributed by atoms with van der Waals surface area (Å²) in [5, 5.41) is 0.0435. The van der Waals surface area contributed by atoms with Gasteiger partial charge in [-0.05, 0) is 34.8 Å². The van der Waals surface area contributed by atoms with Gasteiger partial charge in [-0.15, -0.1) is 6.58 Å². The molecule has 0 atom stereocenters. The van der Waals surface area contributed by atoms with E-state index in [0.717, 1.165) is 10.4 Å².